The first kappa shape index (κ1) is 12.2. The Morgan fingerprint density at radius 2 is 1.94 bits per heavy atom. The lowest BCUT2D eigenvalue weighted by Gasteiger charge is -2.13. The zero-order valence-corrected chi connectivity index (χ0v) is 10.2. The zero-order chi connectivity index (χ0) is 12.1. The molecule has 90 valence electrons. The zero-order valence-electron chi connectivity index (χ0n) is 9.47. The SMILES string of the molecule is OCC(Cc1ccco1)Cc1ccccc1Cl. The molecule has 2 rings (SSSR count). The van der Waals surface area contributed by atoms with Gasteiger partial charge >= 0.3 is 0 Å². The molecule has 0 fully saturated rings. The number of hydrogen-bond donors (Lipinski definition) is 1. The second kappa shape index (κ2) is 5.89. The predicted molar refractivity (Wildman–Crippen MR) is 68.1 cm³/mol. The van der Waals surface area contributed by atoms with Crippen molar-refractivity contribution in [3.63, 3.8) is 0 Å². The summed E-state index contributed by atoms with van der Waals surface area (Å²) in [6.07, 6.45) is 3.14. The van der Waals surface area contributed by atoms with Crippen LogP contribution in [0.3, 0.4) is 0 Å². The van der Waals surface area contributed by atoms with Gasteiger partial charge in [-0.1, -0.05) is 29.8 Å². The number of furan rings is 1. The highest BCUT2D eigenvalue weighted by atomic mass is 35.5. The molecule has 17 heavy (non-hydrogen) atoms. The first-order chi connectivity index (χ1) is 8.29. The molecule has 1 unspecified atom stereocenters. The summed E-state index contributed by atoms with van der Waals surface area (Å²) in [5, 5.41) is 10.1. The van der Waals surface area contributed by atoms with E-state index in [-0.39, 0.29) is 12.5 Å². The number of benzene rings is 1. The van der Waals surface area contributed by atoms with Gasteiger partial charge in [-0.15, -0.1) is 0 Å². The molecule has 3 heteroatoms. The first-order valence-corrected chi connectivity index (χ1v) is 6.04. The van der Waals surface area contributed by atoms with Crippen LogP contribution in [0.5, 0.6) is 0 Å². The van der Waals surface area contributed by atoms with E-state index in [1.807, 2.05) is 36.4 Å². The van der Waals surface area contributed by atoms with E-state index in [4.69, 9.17) is 16.0 Å². The third kappa shape index (κ3) is 3.35. The van der Waals surface area contributed by atoms with Gasteiger partial charge in [0.2, 0.25) is 0 Å². The Hall–Kier alpha value is -1.25. The fourth-order valence-corrected chi connectivity index (χ4v) is 2.10. The standard InChI is InChI=1S/C14H15ClO2/c15-14-6-2-1-4-12(14)8-11(10-16)9-13-5-3-7-17-13/h1-7,11,16H,8-10H2. The van der Waals surface area contributed by atoms with Crippen LogP contribution >= 0.6 is 11.6 Å². The van der Waals surface area contributed by atoms with Crippen LogP contribution in [-0.2, 0) is 12.8 Å². The Morgan fingerprint density at radius 3 is 2.59 bits per heavy atom. The molecule has 0 amide bonds. The van der Waals surface area contributed by atoms with Crippen LogP contribution in [0.1, 0.15) is 11.3 Å². The molecule has 1 heterocycles. The Labute approximate surface area is 106 Å². The number of halogens is 1. The molecule has 1 N–H and O–H groups in total. The molecule has 1 atom stereocenters. The van der Waals surface area contributed by atoms with Gasteiger partial charge < -0.3 is 9.52 Å². The minimum absolute atomic E-state index is 0.131. The molecule has 1 aromatic heterocycles. The number of rotatable bonds is 5. The van der Waals surface area contributed by atoms with Crippen LogP contribution in [-0.4, -0.2) is 11.7 Å². The van der Waals surface area contributed by atoms with Gasteiger partial charge in [0.15, 0.2) is 0 Å². The van der Waals surface area contributed by atoms with Gasteiger partial charge in [0.25, 0.3) is 0 Å². The quantitative estimate of drug-likeness (QED) is 0.883. The van der Waals surface area contributed by atoms with Crippen LogP contribution < -0.4 is 0 Å². The molecule has 0 saturated carbocycles. The summed E-state index contributed by atoms with van der Waals surface area (Å²) >= 11 is 6.10. The lowest BCUT2D eigenvalue weighted by atomic mass is 9.96. The van der Waals surface area contributed by atoms with Gasteiger partial charge in [-0.05, 0) is 36.1 Å². The maximum Gasteiger partial charge on any atom is 0.104 e. The highest BCUT2D eigenvalue weighted by molar-refractivity contribution is 6.31. The third-order valence-corrected chi connectivity index (χ3v) is 3.16. The van der Waals surface area contributed by atoms with Crippen LogP contribution in [0.15, 0.2) is 47.1 Å². The second-order valence-corrected chi connectivity index (χ2v) is 4.53. The van der Waals surface area contributed by atoms with Gasteiger partial charge in [-0.25, -0.2) is 0 Å². The van der Waals surface area contributed by atoms with Crippen LogP contribution in [0, 0.1) is 5.92 Å². The van der Waals surface area contributed by atoms with Crippen molar-refractivity contribution < 1.29 is 9.52 Å². The highest BCUT2D eigenvalue weighted by Gasteiger charge is 2.12. The summed E-state index contributed by atoms with van der Waals surface area (Å²) in [6, 6.07) is 11.5. The summed E-state index contributed by atoms with van der Waals surface area (Å²) in [7, 11) is 0. The van der Waals surface area contributed by atoms with Crippen LogP contribution in [0.2, 0.25) is 5.02 Å². The van der Waals surface area contributed by atoms with E-state index in [2.05, 4.69) is 0 Å². The van der Waals surface area contributed by atoms with Crippen LogP contribution in [0.4, 0.5) is 0 Å². The van der Waals surface area contributed by atoms with E-state index >= 15 is 0 Å². The molecule has 0 radical (unpaired) electrons. The lowest BCUT2D eigenvalue weighted by molar-refractivity contribution is 0.219. The summed E-state index contributed by atoms with van der Waals surface area (Å²) in [5.74, 6) is 1.04. The minimum Gasteiger partial charge on any atom is -0.469 e. The third-order valence-electron chi connectivity index (χ3n) is 2.79. The van der Waals surface area contributed by atoms with Crippen molar-refractivity contribution in [2.75, 3.05) is 6.61 Å². The fraction of sp³-hybridized carbons (Fsp3) is 0.286. The van der Waals surface area contributed by atoms with Gasteiger partial charge in [0.05, 0.1) is 6.26 Å². The minimum atomic E-state index is 0.131. The fourth-order valence-electron chi connectivity index (χ4n) is 1.89. The monoisotopic (exact) mass is 250 g/mol. The Morgan fingerprint density at radius 1 is 1.12 bits per heavy atom. The number of aliphatic hydroxyl groups is 1. The first-order valence-electron chi connectivity index (χ1n) is 5.66. The summed E-state index contributed by atoms with van der Waals surface area (Å²) in [5.41, 5.74) is 1.07. The van der Waals surface area contributed by atoms with Crippen molar-refractivity contribution in [3.05, 3.63) is 59.0 Å². The predicted octanol–water partition coefficient (Wildman–Crippen LogP) is 3.33. The lowest BCUT2D eigenvalue weighted by Crippen LogP contribution is -2.12. The Bertz CT molecular complexity index is 451. The molecule has 2 aromatic rings. The molecule has 0 bridgehead atoms. The smallest absolute Gasteiger partial charge is 0.104 e. The molecule has 0 saturated heterocycles. The van der Waals surface area contributed by atoms with E-state index in [1.54, 1.807) is 6.26 Å². The van der Waals surface area contributed by atoms with Gasteiger partial charge in [-0.2, -0.15) is 0 Å². The highest BCUT2D eigenvalue weighted by Crippen LogP contribution is 2.21. The van der Waals surface area contributed by atoms with E-state index in [0.29, 0.717) is 0 Å². The van der Waals surface area contributed by atoms with E-state index in [9.17, 15) is 5.11 Å². The summed E-state index contributed by atoms with van der Waals surface area (Å²) in [6.45, 7) is 0.131. The van der Waals surface area contributed by atoms with Crippen molar-refractivity contribution >= 4 is 11.6 Å². The normalized spacial score (nSPS) is 12.6. The number of aliphatic hydroxyl groups excluding tert-OH is 1. The number of hydrogen-bond acceptors (Lipinski definition) is 2. The van der Waals surface area contributed by atoms with E-state index in [1.165, 1.54) is 0 Å². The topological polar surface area (TPSA) is 33.4 Å². The van der Waals surface area contributed by atoms with Crippen molar-refractivity contribution in [2.45, 2.75) is 12.8 Å². The van der Waals surface area contributed by atoms with Gasteiger partial charge in [0, 0.05) is 18.1 Å². The molecule has 0 spiro atoms. The molecular formula is C14H15ClO2. The van der Waals surface area contributed by atoms with Gasteiger partial charge in [-0.3, -0.25) is 0 Å². The Balaban J connectivity index is 2.03. The van der Waals surface area contributed by atoms with E-state index < -0.39 is 0 Å². The van der Waals surface area contributed by atoms with Crippen molar-refractivity contribution in [3.8, 4) is 0 Å². The Kier molecular flexibility index (Phi) is 4.24. The van der Waals surface area contributed by atoms with Crippen molar-refractivity contribution in [2.24, 2.45) is 5.92 Å². The molecule has 2 nitrogen and oxygen atoms in total. The average molecular weight is 251 g/mol. The maximum absolute atomic E-state index is 9.39. The maximum atomic E-state index is 9.39. The average Bonchev–Trinajstić information content (AvgIpc) is 2.84. The summed E-state index contributed by atoms with van der Waals surface area (Å²) in [4.78, 5) is 0. The van der Waals surface area contributed by atoms with Crippen LogP contribution in [0.25, 0.3) is 0 Å². The molecular weight excluding hydrogens is 236 g/mol. The largest absolute Gasteiger partial charge is 0.469 e. The van der Waals surface area contributed by atoms with Gasteiger partial charge in [0.1, 0.15) is 5.76 Å². The summed E-state index contributed by atoms with van der Waals surface area (Å²) < 4.78 is 5.29. The molecule has 0 aliphatic heterocycles. The second-order valence-electron chi connectivity index (χ2n) is 4.13. The molecule has 1 aromatic carbocycles. The van der Waals surface area contributed by atoms with Crippen molar-refractivity contribution in [1.29, 1.82) is 0 Å². The van der Waals surface area contributed by atoms with E-state index in [0.717, 1.165) is 29.2 Å². The molecule has 0 aliphatic carbocycles. The molecule has 0 aliphatic rings. The van der Waals surface area contributed by atoms with Crippen molar-refractivity contribution in [1.82, 2.24) is 0 Å².